The van der Waals surface area contributed by atoms with Crippen LogP contribution in [0.3, 0.4) is 0 Å². The highest BCUT2D eigenvalue weighted by atomic mass is 16.5. The van der Waals surface area contributed by atoms with Gasteiger partial charge in [0, 0.05) is 12.5 Å². The molecular weight excluding hydrogens is 434 g/mol. The van der Waals surface area contributed by atoms with E-state index in [2.05, 4.69) is 42.6 Å². The van der Waals surface area contributed by atoms with Gasteiger partial charge in [-0.05, 0) is 80.0 Å². The van der Waals surface area contributed by atoms with E-state index < -0.39 is 11.8 Å². The predicted octanol–water partition coefficient (Wildman–Crippen LogP) is 4.79. The zero-order chi connectivity index (χ0) is 24.2. The molecule has 1 saturated heterocycles. The van der Waals surface area contributed by atoms with E-state index in [-0.39, 0.29) is 23.5 Å². The lowest BCUT2D eigenvalue weighted by Gasteiger charge is -2.47. The number of nitrogens with one attached hydrogen (secondary N) is 1. The number of methoxy groups -OCH3 is 1. The molecule has 0 aromatic heterocycles. The fourth-order valence-corrected chi connectivity index (χ4v) is 7.33. The van der Waals surface area contributed by atoms with Crippen molar-refractivity contribution >= 4 is 5.91 Å². The van der Waals surface area contributed by atoms with E-state index in [1.807, 2.05) is 30.2 Å². The first kappa shape index (κ1) is 23.2. The Bertz CT molecular complexity index is 1090. The highest BCUT2D eigenvalue weighted by Gasteiger charge is 2.67. The monoisotopic (exact) mass is 473 g/mol. The van der Waals surface area contributed by atoms with Crippen LogP contribution in [0, 0.1) is 11.3 Å². The van der Waals surface area contributed by atoms with Crippen LogP contribution >= 0.6 is 0 Å². The molecule has 4 aliphatic rings. The first-order valence-electron chi connectivity index (χ1n) is 13.5. The third kappa shape index (κ3) is 3.66. The van der Waals surface area contributed by atoms with Crippen LogP contribution in [0.2, 0.25) is 0 Å². The van der Waals surface area contributed by atoms with Gasteiger partial charge in [-0.2, -0.15) is 0 Å². The molecule has 1 aliphatic heterocycles. The fraction of sp³-hybridized carbons (Fsp3) is 0.567. The molecule has 3 fully saturated rings. The minimum atomic E-state index is -0.765. The van der Waals surface area contributed by atoms with Crippen molar-refractivity contribution in [1.29, 1.82) is 0 Å². The van der Waals surface area contributed by atoms with Gasteiger partial charge in [0.15, 0.2) is 0 Å². The number of ether oxygens (including phenoxy) is 1. The number of nitrogens with two attached hydrogens (primary N) is 1. The largest absolute Gasteiger partial charge is 0.381 e. The second kappa shape index (κ2) is 8.72. The first-order chi connectivity index (χ1) is 17.0. The van der Waals surface area contributed by atoms with E-state index in [4.69, 9.17) is 10.5 Å². The zero-order valence-corrected chi connectivity index (χ0v) is 21.1. The Morgan fingerprint density at radius 2 is 1.86 bits per heavy atom. The van der Waals surface area contributed by atoms with Gasteiger partial charge in [0.25, 0.3) is 5.91 Å². The van der Waals surface area contributed by atoms with E-state index in [0.717, 1.165) is 50.0 Å². The molecule has 0 radical (unpaired) electrons. The van der Waals surface area contributed by atoms with Gasteiger partial charge in [-0.25, -0.2) is 0 Å². The molecule has 1 amide bonds. The van der Waals surface area contributed by atoms with Crippen LogP contribution in [-0.2, 0) is 27.9 Å². The minimum absolute atomic E-state index is 0.0972. The molecule has 5 heteroatoms. The molecule has 2 aromatic carbocycles. The molecule has 2 aromatic rings. The molecule has 0 bridgehead atoms. The number of aryl methyl sites for hydroxylation is 1. The summed E-state index contributed by atoms with van der Waals surface area (Å²) in [5.41, 5.74) is 10.8. The van der Waals surface area contributed by atoms with Crippen LogP contribution in [0.15, 0.2) is 48.5 Å². The lowest BCUT2D eigenvalue weighted by atomic mass is 9.61. The minimum Gasteiger partial charge on any atom is -0.381 e. The smallest absolute Gasteiger partial charge is 0.250 e. The third-order valence-corrected chi connectivity index (χ3v) is 9.58. The Hall–Kier alpha value is -2.21. The number of nitrogens with zero attached hydrogens (tertiary/aromatic N) is 1. The summed E-state index contributed by atoms with van der Waals surface area (Å²) >= 11 is 0. The maximum atomic E-state index is 14.7. The second-order valence-electron chi connectivity index (χ2n) is 11.5. The number of hydrogen-bond donors (Lipinski definition) is 2. The third-order valence-electron chi connectivity index (χ3n) is 9.58. The lowest BCUT2D eigenvalue weighted by molar-refractivity contribution is -0.141. The van der Waals surface area contributed by atoms with E-state index in [0.29, 0.717) is 0 Å². The van der Waals surface area contributed by atoms with Gasteiger partial charge in [0.1, 0.15) is 11.8 Å². The van der Waals surface area contributed by atoms with E-state index >= 15 is 0 Å². The van der Waals surface area contributed by atoms with Crippen molar-refractivity contribution in [3.8, 4) is 0 Å². The second-order valence-corrected chi connectivity index (χ2v) is 11.5. The fourth-order valence-electron chi connectivity index (χ4n) is 7.33. The zero-order valence-electron chi connectivity index (χ0n) is 21.1. The molecule has 2 saturated carbocycles. The number of fused-ring (bicyclic) bond motifs is 3. The highest BCUT2D eigenvalue weighted by molar-refractivity contribution is 5.93. The molecule has 6 rings (SSSR count). The van der Waals surface area contributed by atoms with Crippen LogP contribution < -0.4 is 11.1 Å². The Labute approximate surface area is 209 Å². The number of hydrogen-bond acceptors (Lipinski definition) is 4. The molecule has 3 atom stereocenters. The predicted molar refractivity (Wildman–Crippen MR) is 137 cm³/mol. The number of carbonyl (C=O) groups excluding carboxylic acids is 1. The summed E-state index contributed by atoms with van der Waals surface area (Å²) in [6, 6.07) is 17.1. The van der Waals surface area contributed by atoms with E-state index in [1.54, 1.807) is 0 Å². The average Bonchev–Trinajstić information content (AvgIpc) is 3.63. The Morgan fingerprint density at radius 3 is 2.54 bits per heavy atom. The standard InChI is InChI=1S/C30H39N3O2/c1-20(23-6-4-3-5-7-23)33-27(34)30(32-28(33)31)26-18-22(11-10-21-8-9-21)12-13-24(26)19-29(30)16-14-25(35-2)15-17-29/h3-7,12-13,18,20-21,25,28,32H,8-11,14-17,19,31H2,1-2H3/t20-,25?,28?,29?,30?/m1/s1. The summed E-state index contributed by atoms with van der Waals surface area (Å²) in [5.74, 6) is 1.05. The summed E-state index contributed by atoms with van der Waals surface area (Å²) in [6.45, 7) is 2.10. The molecule has 2 spiro atoms. The van der Waals surface area contributed by atoms with Gasteiger partial charge in [0.2, 0.25) is 0 Å². The quantitative estimate of drug-likeness (QED) is 0.633. The topological polar surface area (TPSA) is 67.6 Å². The van der Waals surface area contributed by atoms with Gasteiger partial charge >= 0.3 is 0 Å². The summed E-state index contributed by atoms with van der Waals surface area (Å²) in [6.07, 6.45) is 9.70. The van der Waals surface area contributed by atoms with Crippen molar-refractivity contribution in [1.82, 2.24) is 10.2 Å². The molecule has 3 N–H and O–H groups in total. The highest BCUT2D eigenvalue weighted by Crippen LogP contribution is 2.60. The normalized spacial score (nSPS) is 33.0. The van der Waals surface area contributed by atoms with Crippen molar-refractivity contribution in [3.63, 3.8) is 0 Å². The van der Waals surface area contributed by atoms with Crippen LogP contribution in [0.4, 0.5) is 0 Å². The summed E-state index contributed by atoms with van der Waals surface area (Å²) in [4.78, 5) is 16.6. The summed E-state index contributed by atoms with van der Waals surface area (Å²) in [5, 5.41) is 3.75. The van der Waals surface area contributed by atoms with Crippen molar-refractivity contribution in [3.05, 3.63) is 70.8 Å². The van der Waals surface area contributed by atoms with Crippen LogP contribution in [0.5, 0.6) is 0 Å². The van der Waals surface area contributed by atoms with Gasteiger partial charge < -0.3 is 9.64 Å². The average molecular weight is 474 g/mol. The van der Waals surface area contributed by atoms with Crippen molar-refractivity contribution in [2.45, 2.75) is 88.7 Å². The Balaban J connectivity index is 1.41. The van der Waals surface area contributed by atoms with Crippen molar-refractivity contribution in [2.24, 2.45) is 17.1 Å². The molecule has 3 aliphatic carbocycles. The van der Waals surface area contributed by atoms with Gasteiger partial charge in [-0.3, -0.25) is 15.8 Å². The summed E-state index contributed by atoms with van der Waals surface area (Å²) in [7, 11) is 1.81. The number of benzene rings is 2. The lowest BCUT2D eigenvalue weighted by Crippen LogP contribution is -2.57. The van der Waals surface area contributed by atoms with Gasteiger partial charge in [-0.15, -0.1) is 0 Å². The van der Waals surface area contributed by atoms with Crippen molar-refractivity contribution in [2.75, 3.05) is 7.11 Å². The molecule has 35 heavy (non-hydrogen) atoms. The Kier molecular flexibility index (Phi) is 5.78. The summed E-state index contributed by atoms with van der Waals surface area (Å²) < 4.78 is 5.73. The van der Waals surface area contributed by atoms with E-state index in [9.17, 15) is 4.79 Å². The molecular formula is C30H39N3O2. The molecule has 5 nitrogen and oxygen atoms in total. The molecule has 2 unspecified atom stereocenters. The number of amides is 1. The van der Waals surface area contributed by atoms with Crippen LogP contribution in [0.25, 0.3) is 0 Å². The maximum Gasteiger partial charge on any atom is 0.250 e. The van der Waals surface area contributed by atoms with E-state index in [1.165, 1.54) is 36.0 Å². The molecule has 186 valence electrons. The first-order valence-corrected chi connectivity index (χ1v) is 13.5. The maximum absolute atomic E-state index is 14.7. The number of carbonyl (C=O) groups is 1. The Morgan fingerprint density at radius 1 is 1.11 bits per heavy atom. The van der Waals surface area contributed by atoms with Crippen LogP contribution in [-0.4, -0.2) is 30.3 Å². The van der Waals surface area contributed by atoms with Crippen molar-refractivity contribution < 1.29 is 9.53 Å². The van der Waals surface area contributed by atoms with Gasteiger partial charge in [0.05, 0.1) is 12.1 Å². The number of rotatable bonds is 6. The SMILES string of the molecule is COC1CCC2(CC1)Cc1ccc(CCC3CC3)cc1C21NC(N)N([C@H](C)c2ccccc2)C1=O. The molecule has 1 heterocycles. The van der Waals surface area contributed by atoms with Gasteiger partial charge in [-0.1, -0.05) is 61.4 Å². The van der Waals surface area contributed by atoms with Crippen LogP contribution in [0.1, 0.15) is 80.2 Å².